The molecule has 1 N–H and O–H groups in total. The molecule has 1 unspecified atom stereocenters. The maximum Gasteiger partial charge on any atom is 0.240 e. The van der Waals surface area contributed by atoms with Crippen molar-refractivity contribution in [3.05, 3.63) is 12.7 Å². The van der Waals surface area contributed by atoms with E-state index in [0.29, 0.717) is 0 Å². The highest BCUT2D eigenvalue weighted by atomic mass is 32.2. The van der Waals surface area contributed by atoms with Crippen LogP contribution in [0.15, 0.2) is 12.7 Å². The summed E-state index contributed by atoms with van der Waals surface area (Å²) in [5.74, 6) is 2.07. The van der Waals surface area contributed by atoms with Gasteiger partial charge in [-0.3, -0.25) is 10.1 Å². The van der Waals surface area contributed by atoms with Crippen molar-refractivity contribution in [2.24, 2.45) is 0 Å². The van der Waals surface area contributed by atoms with E-state index in [1.807, 2.05) is 18.0 Å². The molecule has 1 fully saturated rings. The number of hydrogen-bond donors (Lipinski definition) is 1. The Bertz CT molecular complexity index is 227. The zero-order valence-corrected chi connectivity index (χ0v) is 10.9. The van der Waals surface area contributed by atoms with Crippen LogP contribution in [0.2, 0.25) is 0 Å². The van der Waals surface area contributed by atoms with Gasteiger partial charge in [0.2, 0.25) is 5.91 Å². The van der Waals surface area contributed by atoms with E-state index in [4.69, 9.17) is 0 Å². The van der Waals surface area contributed by atoms with Crippen molar-refractivity contribution in [1.82, 2.24) is 10.2 Å². The van der Waals surface area contributed by atoms with E-state index in [0.717, 1.165) is 31.0 Å². The van der Waals surface area contributed by atoms with Crippen molar-refractivity contribution in [3.63, 3.8) is 0 Å². The third kappa shape index (κ3) is 4.58. The van der Waals surface area contributed by atoms with Gasteiger partial charge in [-0.2, -0.15) is 0 Å². The van der Waals surface area contributed by atoms with Crippen molar-refractivity contribution >= 4 is 17.7 Å². The molecular weight excluding hydrogens is 220 g/mol. The van der Waals surface area contributed by atoms with Gasteiger partial charge in [0.1, 0.15) is 0 Å². The van der Waals surface area contributed by atoms with Crippen molar-refractivity contribution in [1.29, 1.82) is 0 Å². The second kappa shape index (κ2) is 7.74. The molecule has 4 heteroatoms. The Morgan fingerprint density at radius 3 is 3.00 bits per heavy atom. The molecular formula is C12H22N2OS. The Morgan fingerprint density at radius 1 is 1.56 bits per heavy atom. The van der Waals surface area contributed by atoms with Gasteiger partial charge in [-0.1, -0.05) is 12.5 Å². The topological polar surface area (TPSA) is 32.3 Å². The lowest BCUT2D eigenvalue weighted by molar-refractivity contribution is -0.131. The third-order valence-corrected chi connectivity index (χ3v) is 3.73. The lowest BCUT2D eigenvalue weighted by Crippen LogP contribution is -2.43. The number of allylic oxidation sites excluding steroid dienone is 1. The zero-order valence-electron chi connectivity index (χ0n) is 10.1. The van der Waals surface area contributed by atoms with Crippen molar-refractivity contribution in [2.75, 3.05) is 25.2 Å². The fourth-order valence-corrected chi connectivity index (χ4v) is 2.68. The highest BCUT2D eigenvalue weighted by Gasteiger charge is 2.24. The zero-order chi connectivity index (χ0) is 11.8. The van der Waals surface area contributed by atoms with Crippen LogP contribution in [0.5, 0.6) is 0 Å². The molecule has 1 atom stereocenters. The summed E-state index contributed by atoms with van der Waals surface area (Å²) in [6.45, 7) is 4.57. The first kappa shape index (κ1) is 13.6. The van der Waals surface area contributed by atoms with E-state index in [1.54, 1.807) is 11.8 Å². The molecule has 0 aliphatic carbocycles. The van der Waals surface area contributed by atoms with E-state index < -0.39 is 0 Å². The minimum absolute atomic E-state index is 0.0446. The number of unbranched alkanes of at least 4 members (excludes halogenated alkanes) is 3. The van der Waals surface area contributed by atoms with E-state index >= 15 is 0 Å². The van der Waals surface area contributed by atoms with E-state index in [9.17, 15) is 4.79 Å². The van der Waals surface area contributed by atoms with Gasteiger partial charge in [-0.25, -0.2) is 0 Å². The number of thioether (sulfide) groups is 1. The summed E-state index contributed by atoms with van der Waals surface area (Å²) >= 11 is 1.79. The Hall–Kier alpha value is -0.480. The van der Waals surface area contributed by atoms with Crippen LogP contribution in [0.25, 0.3) is 0 Å². The normalized spacial score (nSPS) is 19.7. The molecule has 1 heterocycles. The summed E-state index contributed by atoms with van der Waals surface area (Å²) in [5.41, 5.74) is 0. The van der Waals surface area contributed by atoms with Crippen LogP contribution < -0.4 is 5.32 Å². The monoisotopic (exact) mass is 242 g/mol. The minimum Gasteiger partial charge on any atom is -0.344 e. The summed E-state index contributed by atoms with van der Waals surface area (Å²) in [5, 5.41) is 3.21. The lowest BCUT2D eigenvalue weighted by atomic mass is 10.2. The first-order chi connectivity index (χ1) is 7.75. The molecule has 1 aliphatic rings. The summed E-state index contributed by atoms with van der Waals surface area (Å²) < 4.78 is 0. The van der Waals surface area contributed by atoms with Gasteiger partial charge in [0.15, 0.2) is 0 Å². The van der Waals surface area contributed by atoms with Crippen LogP contribution in [-0.4, -0.2) is 42.1 Å². The highest BCUT2D eigenvalue weighted by Crippen LogP contribution is 2.11. The van der Waals surface area contributed by atoms with Gasteiger partial charge in [-0.05, 0) is 19.3 Å². The summed E-state index contributed by atoms with van der Waals surface area (Å²) in [4.78, 5) is 13.8. The maximum absolute atomic E-state index is 11.9. The van der Waals surface area contributed by atoms with Gasteiger partial charge in [0, 0.05) is 25.2 Å². The number of amides is 1. The number of carbonyl (C=O) groups excluding carboxylic acids is 1. The van der Waals surface area contributed by atoms with Gasteiger partial charge < -0.3 is 4.90 Å². The van der Waals surface area contributed by atoms with Gasteiger partial charge in [0.05, 0.1) is 6.04 Å². The maximum atomic E-state index is 11.9. The second-order valence-corrected chi connectivity index (χ2v) is 5.20. The molecule has 1 aliphatic heterocycles. The molecule has 0 aromatic heterocycles. The van der Waals surface area contributed by atoms with Crippen molar-refractivity contribution in [3.8, 4) is 0 Å². The van der Waals surface area contributed by atoms with Crippen LogP contribution in [0.4, 0.5) is 0 Å². The average molecular weight is 242 g/mol. The van der Waals surface area contributed by atoms with Crippen LogP contribution >= 0.6 is 11.8 Å². The van der Waals surface area contributed by atoms with Crippen LogP contribution in [0.1, 0.15) is 25.7 Å². The third-order valence-electron chi connectivity index (χ3n) is 2.79. The second-order valence-electron chi connectivity index (χ2n) is 4.17. The first-order valence-corrected chi connectivity index (χ1v) is 7.08. The molecule has 1 amide bonds. The molecule has 92 valence electrons. The van der Waals surface area contributed by atoms with Crippen LogP contribution in [0, 0.1) is 0 Å². The molecule has 0 bridgehead atoms. The number of nitrogens with zero attached hydrogens (tertiary/aromatic N) is 1. The number of hydrogen-bond acceptors (Lipinski definition) is 3. The van der Waals surface area contributed by atoms with E-state index in [2.05, 4.69) is 11.9 Å². The molecule has 0 aromatic carbocycles. The number of nitrogens with one attached hydrogen (secondary N) is 1. The standard InChI is InChI=1S/C12H22N2OS/c1-3-4-5-6-7-8-14(2)12(15)11-9-16-10-13-11/h3,11,13H,1,4-10H2,2H3. The van der Waals surface area contributed by atoms with Crippen molar-refractivity contribution in [2.45, 2.75) is 31.7 Å². The van der Waals surface area contributed by atoms with E-state index in [1.165, 1.54) is 12.8 Å². The van der Waals surface area contributed by atoms with Crippen LogP contribution in [0.3, 0.4) is 0 Å². The molecule has 0 spiro atoms. The number of carbonyl (C=O) groups is 1. The Labute approximate surface area is 103 Å². The molecule has 3 nitrogen and oxygen atoms in total. The number of likely N-dealkylation sites (N-methyl/N-ethyl adjacent to an activating group) is 1. The van der Waals surface area contributed by atoms with Crippen LogP contribution in [-0.2, 0) is 4.79 Å². The highest BCUT2D eigenvalue weighted by molar-refractivity contribution is 7.99. The molecule has 0 saturated carbocycles. The Morgan fingerprint density at radius 2 is 2.38 bits per heavy atom. The summed E-state index contributed by atoms with van der Waals surface area (Å²) in [7, 11) is 1.90. The summed E-state index contributed by atoms with van der Waals surface area (Å²) in [6.07, 6.45) is 6.49. The van der Waals surface area contributed by atoms with Gasteiger partial charge in [0.25, 0.3) is 0 Å². The van der Waals surface area contributed by atoms with Crippen molar-refractivity contribution < 1.29 is 4.79 Å². The lowest BCUT2D eigenvalue weighted by Gasteiger charge is -2.20. The molecule has 0 radical (unpaired) electrons. The Kier molecular flexibility index (Phi) is 6.57. The quantitative estimate of drug-likeness (QED) is 0.546. The smallest absolute Gasteiger partial charge is 0.240 e. The van der Waals surface area contributed by atoms with E-state index in [-0.39, 0.29) is 11.9 Å². The number of rotatable bonds is 7. The predicted molar refractivity (Wildman–Crippen MR) is 70.6 cm³/mol. The van der Waals surface area contributed by atoms with Gasteiger partial charge >= 0.3 is 0 Å². The molecule has 16 heavy (non-hydrogen) atoms. The van der Waals surface area contributed by atoms with Gasteiger partial charge in [-0.15, -0.1) is 18.3 Å². The average Bonchev–Trinajstić information content (AvgIpc) is 2.81. The Balaban J connectivity index is 2.11. The largest absolute Gasteiger partial charge is 0.344 e. The first-order valence-electron chi connectivity index (χ1n) is 5.92. The fourth-order valence-electron chi connectivity index (χ4n) is 1.74. The fraction of sp³-hybridized carbons (Fsp3) is 0.750. The molecule has 0 aromatic rings. The summed E-state index contributed by atoms with van der Waals surface area (Å²) in [6, 6.07) is 0.0446. The predicted octanol–water partition coefficient (Wildman–Crippen LogP) is 1.85. The molecule has 1 rings (SSSR count). The SMILES string of the molecule is C=CCCCCCN(C)C(=O)C1CSCN1. The molecule has 1 saturated heterocycles. The minimum atomic E-state index is 0.0446.